The average molecular weight is 228 g/mol. The van der Waals surface area contributed by atoms with Crippen molar-refractivity contribution in [3.8, 4) is 0 Å². The number of aryl methyl sites for hydroxylation is 2. The SMILES string of the molecule is Cc1ccc(C)c(NCc2nccc(N)n2)c1. The Balaban J connectivity index is 2.09. The summed E-state index contributed by atoms with van der Waals surface area (Å²) in [5, 5.41) is 3.32. The van der Waals surface area contributed by atoms with E-state index in [0.717, 1.165) is 5.69 Å². The zero-order chi connectivity index (χ0) is 12.3. The molecule has 0 atom stereocenters. The molecule has 0 fully saturated rings. The minimum atomic E-state index is 0.498. The first kappa shape index (κ1) is 11.4. The fraction of sp³-hybridized carbons (Fsp3) is 0.231. The van der Waals surface area contributed by atoms with E-state index >= 15 is 0 Å². The lowest BCUT2D eigenvalue weighted by Crippen LogP contribution is -2.06. The summed E-state index contributed by atoms with van der Waals surface area (Å²) in [6.45, 7) is 4.72. The topological polar surface area (TPSA) is 63.8 Å². The van der Waals surface area contributed by atoms with E-state index in [4.69, 9.17) is 5.73 Å². The Hall–Kier alpha value is -2.10. The summed E-state index contributed by atoms with van der Waals surface area (Å²) in [4.78, 5) is 8.30. The Labute approximate surface area is 101 Å². The van der Waals surface area contributed by atoms with Crippen LogP contribution in [0.4, 0.5) is 11.5 Å². The van der Waals surface area contributed by atoms with Crippen molar-refractivity contribution in [2.75, 3.05) is 11.1 Å². The third-order valence-corrected chi connectivity index (χ3v) is 2.56. The van der Waals surface area contributed by atoms with Crippen LogP contribution in [0.1, 0.15) is 17.0 Å². The smallest absolute Gasteiger partial charge is 0.149 e. The molecule has 1 aromatic heterocycles. The number of anilines is 2. The molecule has 88 valence electrons. The minimum absolute atomic E-state index is 0.498. The fourth-order valence-corrected chi connectivity index (χ4v) is 1.60. The molecule has 2 aromatic rings. The molecule has 4 heteroatoms. The zero-order valence-electron chi connectivity index (χ0n) is 10.1. The van der Waals surface area contributed by atoms with Gasteiger partial charge in [-0.2, -0.15) is 0 Å². The summed E-state index contributed by atoms with van der Waals surface area (Å²) in [6.07, 6.45) is 1.67. The van der Waals surface area contributed by atoms with Crippen LogP contribution in [0, 0.1) is 13.8 Å². The van der Waals surface area contributed by atoms with Crippen molar-refractivity contribution in [1.82, 2.24) is 9.97 Å². The molecular weight excluding hydrogens is 212 g/mol. The van der Waals surface area contributed by atoms with Gasteiger partial charge < -0.3 is 11.1 Å². The van der Waals surface area contributed by atoms with E-state index in [2.05, 4.69) is 47.3 Å². The second kappa shape index (κ2) is 4.82. The number of hydrogen-bond acceptors (Lipinski definition) is 4. The van der Waals surface area contributed by atoms with Gasteiger partial charge in [0.25, 0.3) is 0 Å². The van der Waals surface area contributed by atoms with E-state index in [1.54, 1.807) is 12.3 Å². The maximum atomic E-state index is 5.60. The van der Waals surface area contributed by atoms with Crippen LogP contribution >= 0.6 is 0 Å². The quantitative estimate of drug-likeness (QED) is 0.846. The average Bonchev–Trinajstić information content (AvgIpc) is 2.30. The molecule has 0 aliphatic heterocycles. The van der Waals surface area contributed by atoms with Gasteiger partial charge in [-0.05, 0) is 37.1 Å². The van der Waals surface area contributed by atoms with Gasteiger partial charge in [0.05, 0.1) is 6.54 Å². The van der Waals surface area contributed by atoms with Crippen molar-refractivity contribution in [3.63, 3.8) is 0 Å². The predicted octanol–water partition coefficient (Wildman–Crippen LogP) is 2.29. The molecule has 4 nitrogen and oxygen atoms in total. The summed E-state index contributed by atoms with van der Waals surface area (Å²) in [7, 11) is 0. The molecule has 2 rings (SSSR count). The van der Waals surface area contributed by atoms with Crippen LogP contribution in [-0.4, -0.2) is 9.97 Å². The lowest BCUT2D eigenvalue weighted by Gasteiger charge is -2.09. The van der Waals surface area contributed by atoms with E-state index < -0.39 is 0 Å². The summed E-state index contributed by atoms with van der Waals surface area (Å²) >= 11 is 0. The number of hydrogen-bond donors (Lipinski definition) is 2. The van der Waals surface area contributed by atoms with E-state index in [-0.39, 0.29) is 0 Å². The number of aromatic nitrogens is 2. The van der Waals surface area contributed by atoms with Gasteiger partial charge >= 0.3 is 0 Å². The molecule has 0 unspecified atom stereocenters. The van der Waals surface area contributed by atoms with Gasteiger partial charge in [-0.1, -0.05) is 12.1 Å². The van der Waals surface area contributed by atoms with Crippen molar-refractivity contribution >= 4 is 11.5 Å². The van der Waals surface area contributed by atoms with Crippen molar-refractivity contribution in [2.24, 2.45) is 0 Å². The summed E-state index contributed by atoms with van der Waals surface area (Å²) in [5.74, 6) is 1.20. The number of rotatable bonds is 3. The molecule has 0 aliphatic rings. The highest BCUT2D eigenvalue weighted by atomic mass is 15.0. The Morgan fingerprint density at radius 2 is 2.06 bits per heavy atom. The molecule has 0 radical (unpaired) electrons. The van der Waals surface area contributed by atoms with E-state index in [9.17, 15) is 0 Å². The van der Waals surface area contributed by atoms with Crippen LogP contribution in [-0.2, 0) is 6.54 Å². The van der Waals surface area contributed by atoms with Crippen LogP contribution in [0.2, 0.25) is 0 Å². The van der Waals surface area contributed by atoms with Gasteiger partial charge in [0.2, 0.25) is 0 Å². The van der Waals surface area contributed by atoms with Gasteiger partial charge in [-0.3, -0.25) is 0 Å². The van der Waals surface area contributed by atoms with Gasteiger partial charge in [-0.25, -0.2) is 9.97 Å². The van der Waals surface area contributed by atoms with Crippen molar-refractivity contribution in [1.29, 1.82) is 0 Å². The van der Waals surface area contributed by atoms with E-state index in [0.29, 0.717) is 18.2 Å². The number of nitrogen functional groups attached to an aromatic ring is 1. The number of nitrogens with zero attached hydrogens (tertiary/aromatic N) is 2. The molecule has 0 aliphatic carbocycles. The Bertz CT molecular complexity index is 523. The minimum Gasteiger partial charge on any atom is -0.384 e. The molecule has 0 saturated heterocycles. The fourth-order valence-electron chi connectivity index (χ4n) is 1.60. The van der Waals surface area contributed by atoms with Gasteiger partial charge in [-0.15, -0.1) is 0 Å². The lowest BCUT2D eigenvalue weighted by atomic mass is 10.1. The Kier molecular flexibility index (Phi) is 3.23. The first-order valence-electron chi connectivity index (χ1n) is 5.53. The van der Waals surface area contributed by atoms with Crippen molar-refractivity contribution in [3.05, 3.63) is 47.4 Å². The summed E-state index contributed by atoms with van der Waals surface area (Å²) < 4.78 is 0. The molecule has 0 spiro atoms. The van der Waals surface area contributed by atoms with E-state index in [1.807, 2.05) is 0 Å². The largest absolute Gasteiger partial charge is 0.384 e. The maximum Gasteiger partial charge on any atom is 0.149 e. The number of nitrogens with one attached hydrogen (secondary N) is 1. The normalized spacial score (nSPS) is 10.2. The third kappa shape index (κ3) is 2.93. The van der Waals surface area contributed by atoms with Crippen LogP contribution in [0.3, 0.4) is 0 Å². The Morgan fingerprint density at radius 1 is 1.24 bits per heavy atom. The first-order valence-corrected chi connectivity index (χ1v) is 5.53. The molecule has 3 N–H and O–H groups in total. The molecule has 0 amide bonds. The second-order valence-corrected chi connectivity index (χ2v) is 4.07. The summed E-state index contributed by atoms with van der Waals surface area (Å²) in [6, 6.07) is 7.98. The van der Waals surface area contributed by atoms with Gasteiger partial charge in [0.1, 0.15) is 11.6 Å². The first-order chi connectivity index (χ1) is 8.15. The molecule has 17 heavy (non-hydrogen) atoms. The van der Waals surface area contributed by atoms with Crippen molar-refractivity contribution < 1.29 is 0 Å². The lowest BCUT2D eigenvalue weighted by molar-refractivity contribution is 0.952. The summed E-state index contributed by atoms with van der Waals surface area (Å²) in [5.41, 5.74) is 9.15. The maximum absolute atomic E-state index is 5.60. The monoisotopic (exact) mass is 228 g/mol. The van der Waals surface area contributed by atoms with Crippen LogP contribution < -0.4 is 11.1 Å². The molecule has 0 bridgehead atoms. The zero-order valence-corrected chi connectivity index (χ0v) is 10.1. The predicted molar refractivity (Wildman–Crippen MR) is 69.7 cm³/mol. The standard InChI is InChI=1S/C13H16N4/c1-9-3-4-10(2)11(7-9)16-8-13-15-6-5-12(14)17-13/h3-7,16H,8H2,1-2H3,(H2,14,15,17). The molecule has 0 saturated carbocycles. The van der Waals surface area contributed by atoms with Gasteiger partial charge in [0.15, 0.2) is 0 Å². The number of nitrogens with two attached hydrogens (primary N) is 1. The third-order valence-electron chi connectivity index (χ3n) is 2.56. The highest BCUT2D eigenvalue weighted by molar-refractivity contribution is 5.52. The van der Waals surface area contributed by atoms with E-state index in [1.165, 1.54) is 11.1 Å². The second-order valence-electron chi connectivity index (χ2n) is 4.07. The van der Waals surface area contributed by atoms with Gasteiger partial charge in [0, 0.05) is 11.9 Å². The molecule has 1 aromatic carbocycles. The highest BCUT2D eigenvalue weighted by Gasteiger charge is 2.00. The van der Waals surface area contributed by atoms with Crippen LogP contribution in [0.25, 0.3) is 0 Å². The van der Waals surface area contributed by atoms with Crippen LogP contribution in [0.15, 0.2) is 30.5 Å². The van der Waals surface area contributed by atoms with Crippen molar-refractivity contribution in [2.45, 2.75) is 20.4 Å². The van der Waals surface area contributed by atoms with Crippen LogP contribution in [0.5, 0.6) is 0 Å². The highest BCUT2D eigenvalue weighted by Crippen LogP contribution is 2.16. The molecule has 1 heterocycles. The molecular formula is C13H16N4. The number of benzene rings is 1. The Morgan fingerprint density at radius 3 is 2.82 bits per heavy atom.